The third-order valence-electron chi connectivity index (χ3n) is 5.67. The van der Waals surface area contributed by atoms with Crippen molar-refractivity contribution in [1.29, 1.82) is 0 Å². The molecule has 7 nitrogen and oxygen atoms in total. The fourth-order valence-corrected chi connectivity index (χ4v) is 4.55. The van der Waals surface area contributed by atoms with Crippen LogP contribution in [0.3, 0.4) is 0 Å². The van der Waals surface area contributed by atoms with Gasteiger partial charge in [-0.25, -0.2) is 4.79 Å². The molecule has 0 aliphatic carbocycles. The minimum Gasteiger partial charge on any atom is -0.508 e. The van der Waals surface area contributed by atoms with Gasteiger partial charge in [0.2, 0.25) is 0 Å². The second-order valence-electron chi connectivity index (χ2n) is 7.70. The Bertz CT molecular complexity index is 1220. The van der Waals surface area contributed by atoms with Gasteiger partial charge in [-0.2, -0.15) is 0 Å². The van der Waals surface area contributed by atoms with E-state index in [1.54, 1.807) is 40.8 Å². The van der Waals surface area contributed by atoms with Crippen molar-refractivity contribution in [2.75, 3.05) is 6.54 Å². The number of ether oxygens (including phenoxy) is 2. The standard InChI is InChI=1S/C24H18INO6/c25-22(29)7-8-26-12-13-1-4-17-16(9-13)23(30)32-24(17)18-5-2-14(27)10-20(18)31-21-11-15(28)3-6-19(21)24/h1-6,9-11,26-28H,7-8,12H2. The summed E-state index contributed by atoms with van der Waals surface area (Å²) in [4.78, 5) is 24.1. The summed E-state index contributed by atoms with van der Waals surface area (Å²) in [7, 11) is 0. The fourth-order valence-electron chi connectivity index (χ4n) is 4.28. The van der Waals surface area contributed by atoms with Gasteiger partial charge in [0.15, 0.2) is 9.39 Å². The van der Waals surface area contributed by atoms with Crippen molar-refractivity contribution in [2.45, 2.75) is 18.6 Å². The van der Waals surface area contributed by atoms with Crippen LogP contribution in [0.25, 0.3) is 0 Å². The van der Waals surface area contributed by atoms with Crippen molar-refractivity contribution >= 4 is 32.4 Å². The van der Waals surface area contributed by atoms with Crippen LogP contribution >= 0.6 is 22.6 Å². The maximum Gasteiger partial charge on any atom is 0.340 e. The van der Waals surface area contributed by atoms with Crippen LogP contribution in [0.15, 0.2) is 54.6 Å². The van der Waals surface area contributed by atoms with Crippen LogP contribution in [0.2, 0.25) is 0 Å². The van der Waals surface area contributed by atoms with Gasteiger partial charge in [0.05, 0.1) is 5.56 Å². The van der Waals surface area contributed by atoms with Crippen molar-refractivity contribution in [3.63, 3.8) is 0 Å². The van der Waals surface area contributed by atoms with Gasteiger partial charge in [-0.05, 0) is 58.5 Å². The molecule has 162 valence electrons. The Balaban J connectivity index is 1.61. The highest BCUT2D eigenvalue weighted by atomic mass is 127. The zero-order chi connectivity index (χ0) is 22.5. The number of nitrogens with one attached hydrogen (secondary N) is 1. The lowest BCUT2D eigenvalue weighted by Crippen LogP contribution is -2.32. The molecule has 0 aromatic heterocycles. The topological polar surface area (TPSA) is 105 Å². The Morgan fingerprint density at radius 3 is 2.19 bits per heavy atom. The van der Waals surface area contributed by atoms with E-state index in [1.807, 2.05) is 12.1 Å². The molecule has 3 N–H and O–H groups in total. The smallest absolute Gasteiger partial charge is 0.340 e. The van der Waals surface area contributed by atoms with E-state index in [-0.39, 0.29) is 15.3 Å². The van der Waals surface area contributed by atoms with Crippen LogP contribution < -0.4 is 10.1 Å². The maximum absolute atomic E-state index is 13.0. The average Bonchev–Trinajstić information content (AvgIpc) is 3.03. The van der Waals surface area contributed by atoms with Crippen LogP contribution in [0.1, 0.15) is 39.0 Å². The number of hydrogen-bond acceptors (Lipinski definition) is 7. The first-order chi connectivity index (χ1) is 15.4. The second-order valence-corrected chi connectivity index (χ2v) is 8.90. The molecule has 2 aliphatic heterocycles. The van der Waals surface area contributed by atoms with E-state index in [9.17, 15) is 19.8 Å². The molecular formula is C24H18INO6. The normalized spacial score (nSPS) is 14.8. The van der Waals surface area contributed by atoms with E-state index in [2.05, 4.69) is 5.32 Å². The highest BCUT2D eigenvalue weighted by molar-refractivity contribution is 14.1. The Morgan fingerprint density at radius 1 is 0.938 bits per heavy atom. The summed E-state index contributed by atoms with van der Waals surface area (Å²) in [6.45, 7) is 1.06. The molecule has 0 bridgehead atoms. The third-order valence-corrected chi connectivity index (χ3v) is 6.20. The summed E-state index contributed by atoms with van der Waals surface area (Å²) in [6.07, 6.45) is 0.434. The molecule has 2 heterocycles. The first-order valence-corrected chi connectivity index (χ1v) is 11.1. The lowest BCUT2D eigenvalue weighted by molar-refractivity contribution is -0.109. The number of hydrogen-bond donors (Lipinski definition) is 3. The molecule has 1 spiro atoms. The molecule has 0 radical (unpaired) electrons. The molecule has 3 aromatic rings. The predicted molar refractivity (Wildman–Crippen MR) is 123 cm³/mol. The summed E-state index contributed by atoms with van der Waals surface area (Å²) < 4.78 is 12.1. The largest absolute Gasteiger partial charge is 0.508 e. The number of carbonyl (C=O) groups excluding carboxylic acids is 2. The molecule has 0 saturated carbocycles. The van der Waals surface area contributed by atoms with Gasteiger partial charge < -0.3 is 25.0 Å². The summed E-state index contributed by atoms with van der Waals surface area (Å²) in [5.41, 5.74) is 1.92. The SMILES string of the molecule is O=C(I)CCNCc1ccc2c(c1)C(=O)OC21c2ccc(O)cc2Oc2cc(O)ccc21. The predicted octanol–water partition coefficient (Wildman–Crippen LogP) is 4.11. The summed E-state index contributed by atoms with van der Waals surface area (Å²) >= 11 is 1.77. The Labute approximate surface area is 197 Å². The van der Waals surface area contributed by atoms with Gasteiger partial charge in [0.25, 0.3) is 0 Å². The molecule has 8 heteroatoms. The minimum atomic E-state index is -1.25. The summed E-state index contributed by atoms with van der Waals surface area (Å²) in [5, 5.41) is 23.2. The Morgan fingerprint density at radius 2 is 1.56 bits per heavy atom. The van der Waals surface area contributed by atoms with Gasteiger partial charge in [0.1, 0.15) is 23.0 Å². The van der Waals surface area contributed by atoms with Crippen molar-refractivity contribution in [3.05, 3.63) is 82.4 Å². The molecule has 3 aromatic carbocycles. The van der Waals surface area contributed by atoms with Gasteiger partial charge in [0, 0.05) is 48.3 Å². The zero-order valence-corrected chi connectivity index (χ0v) is 18.9. The van der Waals surface area contributed by atoms with Crippen LogP contribution in [0.4, 0.5) is 0 Å². The number of phenols is 2. The molecular weight excluding hydrogens is 525 g/mol. The number of esters is 1. The average molecular weight is 543 g/mol. The summed E-state index contributed by atoms with van der Waals surface area (Å²) in [5.74, 6) is 0.247. The molecule has 2 aliphatic rings. The van der Waals surface area contributed by atoms with Crippen LogP contribution in [0.5, 0.6) is 23.0 Å². The van der Waals surface area contributed by atoms with Crippen molar-refractivity contribution < 1.29 is 29.3 Å². The van der Waals surface area contributed by atoms with Crippen LogP contribution in [0, 0.1) is 0 Å². The van der Waals surface area contributed by atoms with E-state index in [0.717, 1.165) is 5.56 Å². The molecule has 32 heavy (non-hydrogen) atoms. The highest BCUT2D eigenvalue weighted by Gasteiger charge is 2.53. The highest BCUT2D eigenvalue weighted by Crippen LogP contribution is 2.57. The second kappa shape index (κ2) is 7.79. The Hall–Kier alpha value is -3.11. The van der Waals surface area contributed by atoms with Gasteiger partial charge in [-0.1, -0.05) is 12.1 Å². The first kappa shape index (κ1) is 20.8. The minimum absolute atomic E-state index is 0.0125. The molecule has 0 atom stereocenters. The number of carbonyl (C=O) groups is 2. The van der Waals surface area contributed by atoms with E-state index in [4.69, 9.17) is 9.47 Å². The molecule has 0 amide bonds. The van der Waals surface area contributed by atoms with Gasteiger partial charge >= 0.3 is 5.97 Å². The summed E-state index contributed by atoms with van der Waals surface area (Å²) in [6, 6.07) is 14.9. The molecule has 5 rings (SSSR count). The van der Waals surface area contributed by atoms with E-state index in [1.165, 1.54) is 24.3 Å². The number of benzene rings is 3. The van der Waals surface area contributed by atoms with Gasteiger partial charge in [-0.3, -0.25) is 4.79 Å². The van der Waals surface area contributed by atoms with E-state index in [0.29, 0.717) is 53.3 Å². The lowest BCUT2D eigenvalue weighted by Gasteiger charge is -2.36. The van der Waals surface area contributed by atoms with Crippen LogP contribution in [-0.4, -0.2) is 26.5 Å². The van der Waals surface area contributed by atoms with Gasteiger partial charge in [-0.15, -0.1) is 0 Å². The van der Waals surface area contributed by atoms with E-state index < -0.39 is 11.6 Å². The number of fused-ring (bicyclic) bond motifs is 6. The zero-order valence-electron chi connectivity index (χ0n) is 16.7. The molecule has 0 unspecified atom stereocenters. The molecule has 0 fully saturated rings. The molecule has 0 saturated heterocycles. The lowest BCUT2D eigenvalue weighted by atomic mass is 9.77. The number of rotatable bonds is 5. The third kappa shape index (κ3) is 3.30. The van der Waals surface area contributed by atoms with Crippen molar-refractivity contribution in [3.8, 4) is 23.0 Å². The quantitative estimate of drug-likeness (QED) is 0.193. The van der Waals surface area contributed by atoms with E-state index >= 15 is 0 Å². The number of phenolic OH excluding ortho intramolecular Hbond substituents is 2. The first-order valence-electron chi connectivity index (χ1n) is 9.99. The maximum atomic E-state index is 13.0. The van der Waals surface area contributed by atoms with Crippen molar-refractivity contribution in [1.82, 2.24) is 5.32 Å². The van der Waals surface area contributed by atoms with Crippen LogP contribution in [-0.2, 0) is 21.7 Å². The van der Waals surface area contributed by atoms with Crippen molar-refractivity contribution in [2.24, 2.45) is 0 Å². The monoisotopic (exact) mass is 543 g/mol. The Kier molecular flexibility index (Phi) is 5.06. The number of halogens is 1. The fraction of sp³-hybridized carbons (Fsp3) is 0.167. The number of aromatic hydroxyl groups is 2.